The van der Waals surface area contributed by atoms with Crippen LogP contribution < -0.4 is 5.73 Å². The molecule has 16 heavy (non-hydrogen) atoms. The number of aryl methyl sites for hydroxylation is 1. The summed E-state index contributed by atoms with van der Waals surface area (Å²) in [5.74, 6) is -0.326. The van der Waals surface area contributed by atoms with Gasteiger partial charge in [0.05, 0.1) is 6.61 Å². The van der Waals surface area contributed by atoms with Gasteiger partial charge in [0, 0.05) is 0 Å². The first-order chi connectivity index (χ1) is 7.69. The molecule has 1 aromatic carbocycles. The summed E-state index contributed by atoms with van der Waals surface area (Å²) < 4.78 is 4.89. The maximum atomic E-state index is 11.4. The van der Waals surface area contributed by atoms with Crippen LogP contribution in [0.5, 0.6) is 0 Å². The molecule has 0 aliphatic rings. The van der Waals surface area contributed by atoms with Crippen LogP contribution in [-0.4, -0.2) is 18.6 Å². The lowest BCUT2D eigenvalue weighted by molar-refractivity contribution is -0.144. The fourth-order valence-electron chi connectivity index (χ4n) is 1.67. The third-order valence-corrected chi connectivity index (χ3v) is 2.53. The summed E-state index contributed by atoms with van der Waals surface area (Å²) in [6.07, 6.45) is 1.49. The molecule has 1 atom stereocenters. The number of hydrogen-bond acceptors (Lipinski definition) is 3. The van der Waals surface area contributed by atoms with Gasteiger partial charge in [-0.3, -0.25) is 4.79 Å². The first kappa shape index (κ1) is 12.7. The fraction of sp³-hybridized carbons (Fsp3) is 0.462. The predicted molar refractivity (Wildman–Crippen MR) is 64.1 cm³/mol. The quantitative estimate of drug-likeness (QED) is 0.770. The van der Waals surface area contributed by atoms with E-state index in [1.807, 2.05) is 18.2 Å². The highest BCUT2D eigenvalue weighted by atomic mass is 16.5. The van der Waals surface area contributed by atoms with Gasteiger partial charge in [-0.1, -0.05) is 31.2 Å². The Kier molecular flexibility index (Phi) is 4.99. The molecule has 1 rings (SSSR count). The first-order valence-electron chi connectivity index (χ1n) is 5.68. The molecular weight excluding hydrogens is 202 g/mol. The number of rotatable bonds is 5. The van der Waals surface area contributed by atoms with Crippen molar-refractivity contribution in [3.63, 3.8) is 0 Å². The average Bonchev–Trinajstić information content (AvgIpc) is 2.30. The third-order valence-electron chi connectivity index (χ3n) is 2.53. The van der Waals surface area contributed by atoms with Crippen molar-refractivity contribution in [2.24, 2.45) is 5.73 Å². The van der Waals surface area contributed by atoms with E-state index >= 15 is 0 Å². The van der Waals surface area contributed by atoms with Crippen molar-refractivity contribution in [2.45, 2.75) is 32.7 Å². The van der Waals surface area contributed by atoms with Gasteiger partial charge in [0.15, 0.2) is 0 Å². The molecule has 0 radical (unpaired) electrons. The van der Waals surface area contributed by atoms with Gasteiger partial charge in [0.1, 0.15) is 6.04 Å². The minimum Gasteiger partial charge on any atom is -0.465 e. The standard InChI is InChI=1S/C13H19NO2/c1-3-10-7-5-6-8-11(10)9-12(14)13(15)16-4-2/h5-8,12H,3-4,9,14H2,1-2H3. The number of benzene rings is 1. The summed E-state index contributed by atoms with van der Waals surface area (Å²) in [5.41, 5.74) is 8.15. The molecule has 1 unspecified atom stereocenters. The van der Waals surface area contributed by atoms with Crippen molar-refractivity contribution in [2.75, 3.05) is 6.61 Å². The van der Waals surface area contributed by atoms with Crippen molar-refractivity contribution in [1.82, 2.24) is 0 Å². The van der Waals surface area contributed by atoms with Crippen LogP contribution in [0.4, 0.5) is 0 Å². The smallest absolute Gasteiger partial charge is 0.323 e. The Morgan fingerprint density at radius 1 is 1.31 bits per heavy atom. The molecule has 0 saturated carbocycles. The van der Waals surface area contributed by atoms with Gasteiger partial charge in [0.2, 0.25) is 0 Å². The molecule has 0 bridgehead atoms. The minimum absolute atomic E-state index is 0.326. The van der Waals surface area contributed by atoms with Crippen LogP contribution in [-0.2, 0) is 22.4 Å². The van der Waals surface area contributed by atoms with Crippen LogP contribution in [0.2, 0.25) is 0 Å². The van der Waals surface area contributed by atoms with Crippen molar-refractivity contribution in [3.05, 3.63) is 35.4 Å². The molecule has 0 heterocycles. The van der Waals surface area contributed by atoms with Gasteiger partial charge in [-0.05, 0) is 30.9 Å². The molecule has 0 spiro atoms. The number of hydrogen-bond donors (Lipinski definition) is 1. The van der Waals surface area contributed by atoms with Crippen molar-refractivity contribution in [1.29, 1.82) is 0 Å². The second-order valence-electron chi connectivity index (χ2n) is 3.68. The third kappa shape index (κ3) is 3.35. The minimum atomic E-state index is -0.562. The highest BCUT2D eigenvalue weighted by Crippen LogP contribution is 2.11. The summed E-state index contributed by atoms with van der Waals surface area (Å²) in [5, 5.41) is 0. The van der Waals surface area contributed by atoms with E-state index in [1.165, 1.54) is 5.56 Å². The Hall–Kier alpha value is -1.35. The van der Waals surface area contributed by atoms with Crippen molar-refractivity contribution in [3.8, 4) is 0 Å². The van der Waals surface area contributed by atoms with Crippen molar-refractivity contribution < 1.29 is 9.53 Å². The summed E-state index contributed by atoms with van der Waals surface area (Å²) in [6, 6.07) is 7.48. The first-order valence-corrected chi connectivity index (χ1v) is 5.68. The fourth-order valence-corrected chi connectivity index (χ4v) is 1.67. The van der Waals surface area contributed by atoms with E-state index in [2.05, 4.69) is 13.0 Å². The van der Waals surface area contributed by atoms with Crippen LogP contribution >= 0.6 is 0 Å². The van der Waals surface area contributed by atoms with E-state index in [4.69, 9.17) is 10.5 Å². The molecule has 3 nitrogen and oxygen atoms in total. The van der Waals surface area contributed by atoms with E-state index in [0.29, 0.717) is 13.0 Å². The Morgan fingerprint density at radius 3 is 2.50 bits per heavy atom. The van der Waals surface area contributed by atoms with Crippen LogP contribution in [0.25, 0.3) is 0 Å². The van der Waals surface area contributed by atoms with Gasteiger partial charge in [-0.25, -0.2) is 0 Å². The van der Waals surface area contributed by atoms with E-state index in [1.54, 1.807) is 6.92 Å². The number of carbonyl (C=O) groups is 1. The molecule has 0 amide bonds. The summed E-state index contributed by atoms with van der Waals surface area (Å²) in [4.78, 5) is 11.4. The van der Waals surface area contributed by atoms with Gasteiger partial charge in [-0.2, -0.15) is 0 Å². The lowest BCUT2D eigenvalue weighted by Gasteiger charge is -2.13. The summed E-state index contributed by atoms with van der Waals surface area (Å²) in [7, 11) is 0. The topological polar surface area (TPSA) is 52.3 Å². The van der Waals surface area contributed by atoms with Crippen molar-refractivity contribution >= 4 is 5.97 Å². The SMILES string of the molecule is CCOC(=O)C(N)Cc1ccccc1CC. The van der Waals surface area contributed by atoms with E-state index < -0.39 is 6.04 Å². The van der Waals surface area contributed by atoms with Crippen LogP contribution in [0, 0.1) is 0 Å². The Balaban J connectivity index is 2.68. The molecule has 0 saturated heterocycles. The van der Waals surface area contributed by atoms with E-state index in [-0.39, 0.29) is 5.97 Å². The van der Waals surface area contributed by atoms with Crippen LogP contribution in [0.3, 0.4) is 0 Å². The zero-order valence-corrected chi connectivity index (χ0v) is 9.90. The van der Waals surface area contributed by atoms with Gasteiger partial charge in [0.25, 0.3) is 0 Å². The maximum absolute atomic E-state index is 11.4. The molecular formula is C13H19NO2. The Labute approximate surface area is 96.6 Å². The van der Waals surface area contributed by atoms with Gasteiger partial charge >= 0.3 is 5.97 Å². The Morgan fingerprint density at radius 2 is 1.94 bits per heavy atom. The lowest BCUT2D eigenvalue weighted by Crippen LogP contribution is -2.34. The normalized spacial score (nSPS) is 12.2. The number of nitrogens with two attached hydrogens (primary N) is 1. The lowest BCUT2D eigenvalue weighted by atomic mass is 9.99. The second kappa shape index (κ2) is 6.28. The summed E-state index contributed by atoms with van der Waals surface area (Å²) in [6.45, 7) is 4.25. The molecule has 1 aromatic rings. The summed E-state index contributed by atoms with van der Waals surface area (Å²) >= 11 is 0. The zero-order valence-electron chi connectivity index (χ0n) is 9.90. The maximum Gasteiger partial charge on any atom is 0.323 e. The molecule has 0 aliphatic carbocycles. The number of ether oxygens (including phenoxy) is 1. The van der Waals surface area contributed by atoms with E-state index in [9.17, 15) is 4.79 Å². The van der Waals surface area contributed by atoms with Gasteiger partial charge < -0.3 is 10.5 Å². The molecule has 0 fully saturated rings. The monoisotopic (exact) mass is 221 g/mol. The number of carbonyl (C=O) groups excluding carboxylic acids is 1. The van der Waals surface area contributed by atoms with E-state index in [0.717, 1.165) is 12.0 Å². The highest BCUT2D eigenvalue weighted by molar-refractivity contribution is 5.75. The molecule has 3 heteroatoms. The van der Waals surface area contributed by atoms with Crippen LogP contribution in [0.15, 0.2) is 24.3 Å². The molecule has 0 aliphatic heterocycles. The highest BCUT2D eigenvalue weighted by Gasteiger charge is 2.16. The molecule has 0 aromatic heterocycles. The number of esters is 1. The second-order valence-corrected chi connectivity index (χ2v) is 3.68. The predicted octanol–water partition coefficient (Wildman–Crippen LogP) is 1.68. The molecule has 2 N–H and O–H groups in total. The average molecular weight is 221 g/mol. The van der Waals surface area contributed by atoms with Crippen LogP contribution in [0.1, 0.15) is 25.0 Å². The Bertz CT molecular complexity index is 350. The zero-order chi connectivity index (χ0) is 12.0. The molecule has 88 valence electrons. The van der Waals surface area contributed by atoms with Gasteiger partial charge in [-0.15, -0.1) is 0 Å². The largest absolute Gasteiger partial charge is 0.465 e.